The van der Waals surface area contributed by atoms with Gasteiger partial charge in [0.05, 0.1) is 4.90 Å². The van der Waals surface area contributed by atoms with Gasteiger partial charge in [-0.25, -0.2) is 8.42 Å². The van der Waals surface area contributed by atoms with Gasteiger partial charge in [-0.2, -0.15) is 4.31 Å². The second kappa shape index (κ2) is 10.8. The fourth-order valence-electron chi connectivity index (χ4n) is 4.64. The standard InChI is InChI=1S/C30H27NO3S2/c32-29(22-28(25-12-6-2-7-13-25)26-14-8-3-9-15-26)30-31(20-21-35-30)36(33,34)27-18-16-24(17-19-27)23-10-4-1-5-11-23/h1-19,28,30H,20-22H2. The van der Waals surface area contributed by atoms with Gasteiger partial charge in [0.2, 0.25) is 10.0 Å². The minimum Gasteiger partial charge on any atom is -0.297 e. The van der Waals surface area contributed by atoms with Crippen LogP contribution in [0.5, 0.6) is 0 Å². The summed E-state index contributed by atoms with van der Waals surface area (Å²) in [6.45, 7) is 0.325. The molecule has 1 heterocycles. The molecular weight excluding hydrogens is 486 g/mol. The summed E-state index contributed by atoms with van der Waals surface area (Å²) < 4.78 is 28.5. The van der Waals surface area contributed by atoms with Crippen LogP contribution in [0.25, 0.3) is 11.1 Å². The smallest absolute Gasteiger partial charge is 0.244 e. The van der Waals surface area contributed by atoms with E-state index in [2.05, 4.69) is 0 Å². The van der Waals surface area contributed by atoms with Gasteiger partial charge >= 0.3 is 0 Å². The molecule has 5 rings (SSSR count). The fourth-order valence-corrected chi connectivity index (χ4v) is 7.81. The number of thioether (sulfide) groups is 1. The molecule has 36 heavy (non-hydrogen) atoms. The molecule has 0 aromatic heterocycles. The predicted molar refractivity (Wildman–Crippen MR) is 146 cm³/mol. The van der Waals surface area contributed by atoms with Crippen LogP contribution in [0, 0.1) is 0 Å². The van der Waals surface area contributed by atoms with Crippen molar-refractivity contribution in [1.82, 2.24) is 4.31 Å². The summed E-state index contributed by atoms with van der Waals surface area (Å²) in [5.41, 5.74) is 4.07. The minimum absolute atomic E-state index is 0.0697. The molecule has 6 heteroatoms. The molecule has 0 radical (unpaired) electrons. The van der Waals surface area contributed by atoms with Crippen LogP contribution < -0.4 is 0 Å². The summed E-state index contributed by atoms with van der Waals surface area (Å²) in [4.78, 5) is 13.8. The quantitative estimate of drug-likeness (QED) is 0.281. The normalized spacial score (nSPS) is 16.3. The van der Waals surface area contributed by atoms with Gasteiger partial charge in [0.15, 0.2) is 5.78 Å². The summed E-state index contributed by atoms with van der Waals surface area (Å²) in [5, 5.41) is -0.723. The molecular formula is C30H27NO3S2. The number of carbonyl (C=O) groups excluding carboxylic acids is 1. The summed E-state index contributed by atoms with van der Waals surface area (Å²) in [6, 6.07) is 36.6. The third-order valence-corrected chi connectivity index (χ3v) is 9.77. The highest BCUT2D eigenvalue weighted by molar-refractivity contribution is 8.02. The van der Waals surface area contributed by atoms with Crippen molar-refractivity contribution < 1.29 is 13.2 Å². The SMILES string of the molecule is O=C(CC(c1ccccc1)c1ccccc1)C1SCCN1S(=O)(=O)c1ccc(-c2ccccc2)cc1. The first-order chi connectivity index (χ1) is 17.5. The molecule has 4 aromatic carbocycles. The number of hydrogen-bond acceptors (Lipinski definition) is 4. The molecule has 0 saturated carbocycles. The first-order valence-electron chi connectivity index (χ1n) is 12.0. The van der Waals surface area contributed by atoms with E-state index in [4.69, 9.17) is 0 Å². The topological polar surface area (TPSA) is 54.5 Å². The van der Waals surface area contributed by atoms with Crippen molar-refractivity contribution in [1.29, 1.82) is 0 Å². The summed E-state index contributed by atoms with van der Waals surface area (Å²) in [6.07, 6.45) is 0.241. The van der Waals surface area contributed by atoms with Gasteiger partial charge in [-0.3, -0.25) is 4.79 Å². The van der Waals surface area contributed by atoms with E-state index in [-0.39, 0.29) is 23.0 Å². The van der Waals surface area contributed by atoms with Crippen molar-refractivity contribution in [3.8, 4) is 11.1 Å². The molecule has 0 bridgehead atoms. The lowest BCUT2D eigenvalue weighted by molar-refractivity contribution is -0.120. The van der Waals surface area contributed by atoms with E-state index in [9.17, 15) is 13.2 Å². The number of hydrogen-bond donors (Lipinski definition) is 0. The van der Waals surface area contributed by atoms with Crippen LogP contribution >= 0.6 is 11.8 Å². The van der Waals surface area contributed by atoms with E-state index >= 15 is 0 Å². The average molecular weight is 514 g/mol. The number of rotatable bonds is 8. The highest BCUT2D eigenvalue weighted by Crippen LogP contribution is 2.35. The van der Waals surface area contributed by atoms with Crippen molar-refractivity contribution in [2.45, 2.75) is 22.6 Å². The largest absolute Gasteiger partial charge is 0.297 e. The van der Waals surface area contributed by atoms with Crippen LogP contribution in [-0.2, 0) is 14.8 Å². The van der Waals surface area contributed by atoms with Gasteiger partial charge < -0.3 is 0 Å². The Hall–Kier alpha value is -3.19. The van der Waals surface area contributed by atoms with Crippen molar-refractivity contribution >= 4 is 27.6 Å². The zero-order valence-electron chi connectivity index (χ0n) is 19.7. The highest BCUT2D eigenvalue weighted by Gasteiger charge is 2.40. The molecule has 0 amide bonds. The van der Waals surface area contributed by atoms with Gasteiger partial charge in [0, 0.05) is 24.6 Å². The molecule has 0 spiro atoms. The third kappa shape index (κ3) is 5.16. The Morgan fingerprint density at radius 1 is 0.750 bits per heavy atom. The van der Waals surface area contributed by atoms with Crippen LogP contribution in [-0.4, -0.2) is 36.2 Å². The first kappa shape index (κ1) is 24.5. The number of carbonyl (C=O) groups is 1. The van der Waals surface area contributed by atoms with E-state index in [1.165, 1.54) is 16.1 Å². The van der Waals surface area contributed by atoms with Gasteiger partial charge in [-0.05, 0) is 34.4 Å². The molecule has 1 aliphatic heterocycles. The van der Waals surface area contributed by atoms with Crippen LogP contribution in [0.4, 0.5) is 0 Å². The molecule has 1 saturated heterocycles. The van der Waals surface area contributed by atoms with Gasteiger partial charge in [-0.1, -0.05) is 103 Å². The van der Waals surface area contributed by atoms with E-state index < -0.39 is 15.4 Å². The summed E-state index contributed by atoms with van der Waals surface area (Å²) >= 11 is 1.41. The Morgan fingerprint density at radius 3 is 1.81 bits per heavy atom. The van der Waals surface area contributed by atoms with Crippen LogP contribution in [0.1, 0.15) is 23.5 Å². The van der Waals surface area contributed by atoms with Gasteiger partial charge in [-0.15, -0.1) is 11.8 Å². The van der Waals surface area contributed by atoms with Crippen LogP contribution in [0.2, 0.25) is 0 Å². The molecule has 0 aliphatic carbocycles. The first-order valence-corrected chi connectivity index (χ1v) is 14.4. The van der Waals surface area contributed by atoms with Crippen LogP contribution in [0.3, 0.4) is 0 Å². The Kier molecular flexibility index (Phi) is 7.37. The lowest BCUT2D eigenvalue weighted by Crippen LogP contribution is -2.39. The number of ketones is 1. The number of nitrogens with zero attached hydrogens (tertiary/aromatic N) is 1. The average Bonchev–Trinajstić information content (AvgIpc) is 3.45. The van der Waals surface area contributed by atoms with E-state index in [0.29, 0.717) is 12.3 Å². The van der Waals surface area contributed by atoms with Crippen molar-refractivity contribution in [3.05, 3.63) is 126 Å². The zero-order valence-corrected chi connectivity index (χ0v) is 21.4. The molecule has 4 aromatic rings. The maximum absolute atomic E-state index is 13.6. The Labute approximate surface area is 217 Å². The van der Waals surface area contributed by atoms with E-state index in [1.807, 2.05) is 103 Å². The zero-order chi connectivity index (χ0) is 25.0. The highest BCUT2D eigenvalue weighted by atomic mass is 32.2. The summed E-state index contributed by atoms with van der Waals surface area (Å²) in [7, 11) is -3.81. The number of sulfonamides is 1. The molecule has 1 aliphatic rings. The number of Topliss-reactive ketones (excluding diaryl/α,β-unsaturated/α-hetero) is 1. The Morgan fingerprint density at radius 2 is 1.25 bits per heavy atom. The maximum Gasteiger partial charge on any atom is 0.244 e. The summed E-state index contributed by atoms with van der Waals surface area (Å²) in [5.74, 6) is 0.398. The second-order valence-electron chi connectivity index (χ2n) is 8.77. The maximum atomic E-state index is 13.6. The van der Waals surface area contributed by atoms with Gasteiger partial charge in [0.25, 0.3) is 0 Å². The van der Waals surface area contributed by atoms with Crippen molar-refractivity contribution in [3.63, 3.8) is 0 Å². The molecule has 182 valence electrons. The fraction of sp³-hybridized carbons (Fsp3) is 0.167. The molecule has 0 N–H and O–H groups in total. The van der Waals surface area contributed by atoms with Crippen molar-refractivity contribution in [2.24, 2.45) is 0 Å². The van der Waals surface area contributed by atoms with Gasteiger partial charge in [0.1, 0.15) is 5.37 Å². The molecule has 1 fully saturated rings. The lowest BCUT2D eigenvalue weighted by Gasteiger charge is -2.25. The van der Waals surface area contributed by atoms with E-state index in [0.717, 1.165) is 22.3 Å². The lowest BCUT2D eigenvalue weighted by atomic mass is 9.87. The number of benzene rings is 4. The molecule has 1 unspecified atom stereocenters. The third-order valence-electron chi connectivity index (χ3n) is 6.50. The molecule has 1 atom stereocenters. The van der Waals surface area contributed by atoms with E-state index in [1.54, 1.807) is 12.1 Å². The van der Waals surface area contributed by atoms with Crippen molar-refractivity contribution in [2.75, 3.05) is 12.3 Å². The molecule has 4 nitrogen and oxygen atoms in total. The predicted octanol–water partition coefficient (Wildman–Crippen LogP) is 6.21. The van der Waals surface area contributed by atoms with Crippen LogP contribution in [0.15, 0.2) is 120 Å². The Balaban J connectivity index is 1.38. The second-order valence-corrected chi connectivity index (χ2v) is 11.9. The monoisotopic (exact) mass is 513 g/mol. The minimum atomic E-state index is -3.81. The Bertz CT molecular complexity index is 1370.